The van der Waals surface area contributed by atoms with E-state index in [-0.39, 0.29) is 23.7 Å². The highest BCUT2D eigenvalue weighted by molar-refractivity contribution is 5.96. The predicted octanol–water partition coefficient (Wildman–Crippen LogP) is 2.84. The summed E-state index contributed by atoms with van der Waals surface area (Å²) in [7, 11) is 1.64. The number of carbonyl (C=O) groups is 1. The van der Waals surface area contributed by atoms with Crippen LogP contribution in [-0.2, 0) is 4.79 Å². The summed E-state index contributed by atoms with van der Waals surface area (Å²) in [6, 6.07) is 7.54. The van der Waals surface area contributed by atoms with Gasteiger partial charge in [-0.05, 0) is 49.6 Å². The molecule has 3 rings (SSSR count). The first-order valence-electron chi connectivity index (χ1n) is 7.41. The molecule has 0 aromatic heterocycles. The zero-order chi connectivity index (χ0) is 14.0. The molecule has 5 heteroatoms. The number of methoxy groups -OCH3 is 1. The van der Waals surface area contributed by atoms with Gasteiger partial charge in [0.25, 0.3) is 0 Å². The molecule has 116 valence electrons. The topological polar surface area (TPSA) is 50.4 Å². The molecule has 1 aliphatic carbocycles. The predicted molar refractivity (Wildman–Crippen MR) is 86.1 cm³/mol. The third-order valence-corrected chi connectivity index (χ3v) is 4.84. The summed E-state index contributed by atoms with van der Waals surface area (Å²) in [5, 5.41) is 6.50. The lowest BCUT2D eigenvalue weighted by molar-refractivity contribution is -0.128. The molecule has 1 aromatic carbocycles. The van der Waals surface area contributed by atoms with Crippen LogP contribution in [0.3, 0.4) is 0 Å². The van der Waals surface area contributed by atoms with Crippen LogP contribution in [-0.4, -0.2) is 26.1 Å². The van der Waals surface area contributed by atoms with Crippen molar-refractivity contribution >= 4 is 24.0 Å². The molecule has 1 aliphatic heterocycles. The van der Waals surface area contributed by atoms with Crippen LogP contribution in [0.1, 0.15) is 25.7 Å². The molecule has 21 heavy (non-hydrogen) atoms. The Hall–Kier alpha value is -1.26. The number of fused-ring (bicyclic) bond motifs is 1. The minimum absolute atomic E-state index is 0. The van der Waals surface area contributed by atoms with Crippen molar-refractivity contribution in [2.24, 2.45) is 11.3 Å². The molecule has 0 unspecified atom stereocenters. The quantitative estimate of drug-likeness (QED) is 0.902. The summed E-state index contributed by atoms with van der Waals surface area (Å²) >= 11 is 0. The standard InChI is InChI=1S/C16H22N2O2.ClH/c1-20-14-7-5-13(6-8-14)18-15(19)16-9-3-2-4-12(16)10-17-11-16;/h5-8,12,17H,2-4,9-11H2,1H3,(H,18,19);1H/t12-,16+;/m0./s1. The van der Waals surface area contributed by atoms with Crippen molar-refractivity contribution in [2.45, 2.75) is 25.7 Å². The number of benzene rings is 1. The van der Waals surface area contributed by atoms with Gasteiger partial charge >= 0.3 is 0 Å². The van der Waals surface area contributed by atoms with Gasteiger partial charge in [-0.3, -0.25) is 4.79 Å². The Bertz CT molecular complexity index is 492. The van der Waals surface area contributed by atoms with Crippen LogP contribution < -0.4 is 15.4 Å². The minimum atomic E-state index is -0.196. The van der Waals surface area contributed by atoms with Crippen LogP contribution in [0.5, 0.6) is 5.75 Å². The van der Waals surface area contributed by atoms with E-state index in [9.17, 15) is 4.79 Å². The summed E-state index contributed by atoms with van der Waals surface area (Å²) < 4.78 is 5.14. The van der Waals surface area contributed by atoms with Crippen molar-refractivity contribution in [3.05, 3.63) is 24.3 Å². The molecule has 2 atom stereocenters. The van der Waals surface area contributed by atoms with Gasteiger partial charge in [0.15, 0.2) is 0 Å². The number of amides is 1. The van der Waals surface area contributed by atoms with Crippen molar-refractivity contribution in [3.8, 4) is 5.75 Å². The van der Waals surface area contributed by atoms with Gasteiger partial charge in [-0.1, -0.05) is 12.8 Å². The third kappa shape index (κ3) is 3.01. The maximum atomic E-state index is 12.7. The molecule has 1 amide bonds. The van der Waals surface area contributed by atoms with E-state index >= 15 is 0 Å². The van der Waals surface area contributed by atoms with Crippen LogP contribution in [0.2, 0.25) is 0 Å². The van der Waals surface area contributed by atoms with E-state index < -0.39 is 0 Å². The second-order valence-corrected chi connectivity index (χ2v) is 5.91. The van der Waals surface area contributed by atoms with E-state index in [0.717, 1.165) is 37.4 Å². The van der Waals surface area contributed by atoms with Crippen molar-refractivity contribution in [1.82, 2.24) is 5.32 Å². The number of carbonyl (C=O) groups excluding carboxylic acids is 1. The van der Waals surface area contributed by atoms with Crippen molar-refractivity contribution in [3.63, 3.8) is 0 Å². The molecule has 1 heterocycles. The largest absolute Gasteiger partial charge is 0.497 e. The molecule has 2 N–H and O–H groups in total. The third-order valence-electron chi connectivity index (χ3n) is 4.84. The SMILES string of the molecule is COc1ccc(NC(=O)[C@@]23CCCC[C@H]2CNC3)cc1.Cl. The minimum Gasteiger partial charge on any atom is -0.497 e. The summed E-state index contributed by atoms with van der Waals surface area (Å²) in [5.41, 5.74) is 0.652. The first kappa shape index (κ1) is 16.1. The molecule has 1 saturated carbocycles. The lowest BCUT2D eigenvalue weighted by Crippen LogP contribution is -2.44. The maximum absolute atomic E-state index is 12.7. The lowest BCUT2D eigenvalue weighted by Gasteiger charge is -2.37. The number of halogens is 1. The van der Waals surface area contributed by atoms with Crippen molar-refractivity contribution in [1.29, 1.82) is 0 Å². The number of hydrogen-bond donors (Lipinski definition) is 2. The summed E-state index contributed by atoms with van der Waals surface area (Å²) in [6.45, 7) is 1.80. The van der Waals surface area contributed by atoms with E-state index in [1.54, 1.807) is 7.11 Å². The van der Waals surface area contributed by atoms with Gasteiger partial charge in [0.2, 0.25) is 5.91 Å². The smallest absolute Gasteiger partial charge is 0.232 e. The highest BCUT2D eigenvalue weighted by Crippen LogP contribution is 2.44. The van der Waals surface area contributed by atoms with Gasteiger partial charge in [0, 0.05) is 12.2 Å². The molecule has 0 radical (unpaired) electrons. The first-order chi connectivity index (χ1) is 9.74. The fourth-order valence-corrected chi connectivity index (χ4v) is 3.62. The number of anilines is 1. The average molecular weight is 311 g/mol. The van der Waals surface area contributed by atoms with E-state index in [0.29, 0.717) is 5.92 Å². The molecule has 2 fully saturated rings. The monoisotopic (exact) mass is 310 g/mol. The van der Waals surface area contributed by atoms with Crippen molar-refractivity contribution < 1.29 is 9.53 Å². The molecular formula is C16H23ClN2O2. The number of hydrogen-bond acceptors (Lipinski definition) is 3. The number of rotatable bonds is 3. The molecule has 2 aliphatic rings. The van der Waals surface area contributed by atoms with Gasteiger partial charge in [0.05, 0.1) is 12.5 Å². The van der Waals surface area contributed by atoms with Crippen LogP contribution in [0.15, 0.2) is 24.3 Å². The zero-order valence-electron chi connectivity index (χ0n) is 12.4. The number of ether oxygens (including phenoxy) is 1. The molecule has 0 spiro atoms. The Balaban J connectivity index is 0.00000161. The Morgan fingerprint density at radius 3 is 2.81 bits per heavy atom. The second kappa shape index (κ2) is 6.67. The van der Waals surface area contributed by atoms with E-state index in [1.165, 1.54) is 12.8 Å². The maximum Gasteiger partial charge on any atom is 0.232 e. The number of nitrogens with one attached hydrogen (secondary N) is 2. The summed E-state index contributed by atoms with van der Waals surface area (Å²) in [5.74, 6) is 1.48. The van der Waals surface area contributed by atoms with Crippen LogP contribution in [0.4, 0.5) is 5.69 Å². The highest BCUT2D eigenvalue weighted by atomic mass is 35.5. The van der Waals surface area contributed by atoms with Crippen LogP contribution >= 0.6 is 12.4 Å². The van der Waals surface area contributed by atoms with E-state index in [4.69, 9.17) is 4.74 Å². The van der Waals surface area contributed by atoms with Crippen molar-refractivity contribution in [2.75, 3.05) is 25.5 Å². The molecule has 1 saturated heterocycles. The van der Waals surface area contributed by atoms with Crippen LogP contribution in [0, 0.1) is 11.3 Å². The summed E-state index contributed by atoms with van der Waals surface area (Å²) in [6.07, 6.45) is 4.59. The summed E-state index contributed by atoms with van der Waals surface area (Å²) in [4.78, 5) is 12.7. The zero-order valence-corrected chi connectivity index (χ0v) is 13.2. The van der Waals surface area contributed by atoms with Gasteiger partial charge in [0.1, 0.15) is 5.75 Å². The van der Waals surface area contributed by atoms with Gasteiger partial charge in [-0.25, -0.2) is 0 Å². The molecular weight excluding hydrogens is 288 g/mol. The fraction of sp³-hybridized carbons (Fsp3) is 0.562. The van der Waals surface area contributed by atoms with Gasteiger partial charge in [-0.15, -0.1) is 12.4 Å². The Morgan fingerprint density at radius 1 is 1.33 bits per heavy atom. The Morgan fingerprint density at radius 2 is 2.10 bits per heavy atom. The Labute approximate surface area is 132 Å². The molecule has 0 bridgehead atoms. The second-order valence-electron chi connectivity index (χ2n) is 5.91. The Kier molecular flexibility index (Phi) is 5.12. The average Bonchev–Trinajstić information content (AvgIpc) is 2.93. The highest BCUT2D eigenvalue weighted by Gasteiger charge is 2.49. The van der Waals surface area contributed by atoms with Gasteiger partial charge < -0.3 is 15.4 Å². The molecule has 4 nitrogen and oxygen atoms in total. The lowest BCUT2D eigenvalue weighted by atomic mass is 9.67. The first-order valence-corrected chi connectivity index (χ1v) is 7.41. The normalized spacial score (nSPS) is 27.4. The van der Waals surface area contributed by atoms with Crippen LogP contribution in [0.25, 0.3) is 0 Å². The fourth-order valence-electron chi connectivity index (χ4n) is 3.62. The molecule has 1 aromatic rings. The van der Waals surface area contributed by atoms with Gasteiger partial charge in [-0.2, -0.15) is 0 Å². The van der Waals surface area contributed by atoms with E-state index in [1.807, 2.05) is 24.3 Å². The van der Waals surface area contributed by atoms with E-state index in [2.05, 4.69) is 10.6 Å².